The summed E-state index contributed by atoms with van der Waals surface area (Å²) in [7, 11) is 1.60. The zero-order valence-electron chi connectivity index (χ0n) is 9.49. The summed E-state index contributed by atoms with van der Waals surface area (Å²) < 4.78 is 5.01. The predicted molar refractivity (Wildman–Crippen MR) is 64.3 cm³/mol. The number of hydrogen-bond donors (Lipinski definition) is 3. The lowest BCUT2D eigenvalue weighted by Gasteiger charge is -2.11. The number of rotatable bonds is 4. The summed E-state index contributed by atoms with van der Waals surface area (Å²) >= 11 is 0. The van der Waals surface area contributed by atoms with E-state index in [1.165, 1.54) is 0 Å². The van der Waals surface area contributed by atoms with Gasteiger partial charge in [0.15, 0.2) is 0 Å². The van der Waals surface area contributed by atoms with Crippen molar-refractivity contribution in [3.63, 3.8) is 0 Å². The van der Waals surface area contributed by atoms with Crippen molar-refractivity contribution in [2.45, 2.75) is 13.0 Å². The third-order valence-electron chi connectivity index (χ3n) is 2.12. The Bertz CT molecular complexity index is 338. The van der Waals surface area contributed by atoms with Crippen LogP contribution in [0.2, 0.25) is 0 Å². The van der Waals surface area contributed by atoms with Crippen LogP contribution in [0.1, 0.15) is 6.92 Å². The molecular formula is C11H17N3O2. The van der Waals surface area contributed by atoms with Gasteiger partial charge < -0.3 is 21.1 Å². The number of nitrogens with two attached hydrogens (primary N) is 1. The van der Waals surface area contributed by atoms with Crippen LogP contribution in [0, 0.1) is 0 Å². The molecule has 0 spiro atoms. The van der Waals surface area contributed by atoms with Crippen molar-refractivity contribution in [2.24, 2.45) is 0 Å². The molecule has 88 valence electrons. The molecule has 0 aliphatic heterocycles. The zero-order valence-corrected chi connectivity index (χ0v) is 9.49. The lowest BCUT2D eigenvalue weighted by atomic mass is 10.3. The molecule has 5 nitrogen and oxygen atoms in total. The number of methoxy groups -OCH3 is 1. The van der Waals surface area contributed by atoms with Crippen LogP contribution in [0.15, 0.2) is 24.3 Å². The number of amides is 2. The van der Waals surface area contributed by atoms with E-state index in [4.69, 9.17) is 10.5 Å². The molecule has 2 amide bonds. The number of anilines is 2. The van der Waals surface area contributed by atoms with E-state index in [0.717, 1.165) is 0 Å². The highest BCUT2D eigenvalue weighted by molar-refractivity contribution is 5.89. The zero-order chi connectivity index (χ0) is 12.0. The van der Waals surface area contributed by atoms with Crippen LogP contribution in [0.3, 0.4) is 0 Å². The van der Waals surface area contributed by atoms with E-state index < -0.39 is 0 Å². The third-order valence-corrected chi connectivity index (χ3v) is 2.12. The summed E-state index contributed by atoms with van der Waals surface area (Å²) in [5.41, 5.74) is 6.90. The molecule has 0 fully saturated rings. The van der Waals surface area contributed by atoms with E-state index in [1.807, 2.05) is 6.92 Å². The molecular weight excluding hydrogens is 206 g/mol. The van der Waals surface area contributed by atoms with E-state index in [1.54, 1.807) is 31.4 Å². The topological polar surface area (TPSA) is 76.4 Å². The lowest BCUT2D eigenvalue weighted by molar-refractivity contribution is 0.119. The second kappa shape index (κ2) is 5.97. The van der Waals surface area contributed by atoms with Crippen molar-refractivity contribution in [3.8, 4) is 0 Å². The van der Waals surface area contributed by atoms with Crippen LogP contribution in [0.4, 0.5) is 16.2 Å². The van der Waals surface area contributed by atoms with Gasteiger partial charge in [0, 0.05) is 25.0 Å². The second-order valence-corrected chi connectivity index (χ2v) is 3.50. The third kappa shape index (κ3) is 4.18. The maximum Gasteiger partial charge on any atom is 0.319 e. The van der Waals surface area contributed by atoms with Crippen molar-refractivity contribution in [1.29, 1.82) is 0 Å². The lowest BCUT2D eigenvalue weighted by Crippen LogP contribution is -2.34. The van der Waals surface area contributed by atoms with Gasteiger partial charge in [0.1, 0.15) is 0 Å². The fourth-order valence-corrected chi connectivity index (χ4v) is 1.06. The van der Waals surface area contributed by atoms with Gasteiger partial charge in [-0.05, 0) is 31.2 Å². The normalized spacial score (nSPS) is 11.9. The van der Waals surface area contributed by atoms with Gasteiger partial charge in [0.25, 0.3) is 0 Å². The van der Waals surface area contributed by atoms with E-state index in [2.05, 4.69) is 10.6 Å². The minimum absolute atomic E-state index is 0.00262. The molecule has 4 N–H and O–H groups in total. The number of nitrogens with one attached hydrogen (secondary N) is 2. The van der Waals surface area contributed by atoms with Gasteiger partial charge in [-0.15, -0.1) is 0 Å². The number of urea groups is 1. The molecule has 1 atom stereocenters. The van der Waals surface area contributed by atoms with Gasteiger partial charge in [-0.2, -0.15) is 0 Å². The molecule has 0 saturated heterocycles. The first-order chi connectivity index (χ1) is 7.61. The van der Waals surface area contributed by atoms with Crippen LogP contribution in [-0.2, 0) is 4.74 Å². The summed E-state index contributed by atoms with van der Waals surface area (Å²) in [4.78, 5) is 11.4. The highest BCUT2D eigenvalue weighted by atomic mass is 16.5. The van der Waals surface area contributed by atoms with Crippen LogP contribution in [-0.4, -0.2) is 25.8 Å². The number of nitrogen functional groups attached to an aromatic ring is 1. The minimum atomic E-state index is -0.256. The second-order valence-electron chi connectivity index (χ2n) is 3.50. The molecule has 0 aliphatic rings. The van der Waals surface area contributed by atoms with Crippen molar-refractivity contribution in [3.05, 3.63) is 24.3 Å². The monoisotopic (exact) mass is 223 g/mol. The fraction of sp³-hybridized carbons (Fsp3) is 0.364. The summed E-state index contributed by atoms with van der Waals surface area (Å²) in [5, 5.41) is 5.38. The molecule has 0 radical (unpaired) electrons. The van der Waals surface area contributed by atoms with E-state index in [-0.39, 0.29) is 12.1 Å². The van der Waals surface area contributed by atoms with Crippen molar-refractivity contribution in [2.75, 3.05) is 24.7 Å². The molecule has 16 heavy (non-hydrogen) atoms. The van der Waals surface area contributed by atoms with Crippen LogP contribution in [0.25, 0.3) is 0 Å². The molecule has 0 aromatic heterocycles. The van der Waals surface area contributed by atoms with Crippen LogP contribution in [0.5, 0.6) is 0 Å². The van der Waals surface area contributed by atoms with E-state index in [9.17, 15) is 4.79 Å². The summed E-state index contributed by atoms with van der Waals surface area (Å²) in [5.74, 6) is 0. The average Bonchev–Trinajstić information content (AvgIpc) is 2.29. The average molecular weight is 223 g/mol. The number of ether oxygens (including phenoxy) is 1. The number of carbonyl (C=O) groups excluding carboxylic acids is 1. The number of carbonyl (C=O) groups is 1. The molecule has 0 aliphatic carbocycles. The Labute approximate surface area is 95.0 Å². The Balaban J connectivity index is 2.37. The van der Waals surface area contributed by atoms with Gasteiger partial charge in [-0.25, -0.2) is 4.79 Å². The summed E-state index contributed by atoms with van der Waals surface area (Å²) in [6.07, 6.45) is -0.00262. The SMILES string of the molecule is COC(C)CNC(=O)Nc1ccc(N)cc1. The molecule has 1 rings (SSSR count). The van der Waals surface area contributed by atoms with E-state index in [0.29, 0.717) is 17.9 Å². The molecule has 0 bridgehead atoms. The number of hydrogen-bond acceptors (Lipinski definition) is 3. The molecule has 1 unspecified atom stereocenters. The minimum Gasteiger partial charge on any atom is -0.399 e. The Morgan fingerprint density at radius 1 is 1.44 bits per heavy atom. The first-order valence-corrected chi connectivity index (χ1v) is 5.05. The van der Waals surface area contributed by atoms with Gasteiger partial charge in [-0.1, -0.05) is 0 Å². The smallest absolute Gasteiger partial charge is 0.319 e. The maximum atomic E-state index is 11.4. The van der Waals surface area contributed by atoms with Crippen molar-refractivity contribution < 1.29 is 9.53 Å². The molecule has 1 aromatic carbocycles. The Morgan fingerprint density at radius 3 is 2.62 bits per heavy atom. The Kier molecular flexibility index (Phi) is 4.60. The van der Waals surface area contributed by atoms with Crippen LogP contribution >= 0.6 is 0 Å². The Hall–Kier alpha value is -1.75. The summed E-state index contributed by atoms with van der Waals surface area (Å²) in [6.45, 7) is 2.35. The maximum absolute atomic E-state index is 11.4. The molecule has 0 saturated carbocycles. The van der Waals surface area contributed by atoms with Crippen molar-refractivity contribution >= 4 is 17.4 Å². The quantitative estimate of drug-likeness (QED) is 0.676. The summed E-state index contributed by atoms with van der Waals surface area (Å²) in [6, 6.07) is 6.69. The largest absolute Gasteiger partial charge is 0.399 e. The first-order valence-electron chi connectivity index (χ1n) is 5.05. The predicted octanol–water partition coefficient (Wildman–Crippen LogP) is 1.43. The van der Waals surface area contributed by atoms with Gasteiger partial charge in [-0.3, -0.25) is 0 Å². The van der Waals surface area contributed by atoms with Gasteiger partial charge >= 0.3 is 6.03 Å². The van der Waals surface area contributed by atoms with Gasteiger partial charge in [0.05, 0.1) is 6.10 Å². The highest BCUT2D eigenvalue weighted by Crippen LogP contribution is 2.09. The highest BCUT2D eigenvalue weighted by Gasteiger charge is 2.03. The first kappa shape index (κ1) is 12.3. The Morgan fingerprint density at radius 2 is 2.06 bits per heavy atom. The number of benzene rings is 1. The molecule has 1 aromatic rings. The molecule has 0 heterocycles. The van der Waals surface area contributed by atoms with Gasteiger partial charge in [0.2, 0.25) is 0 Å². The van der Waals surface area contributed by atoms with E-state index >= 15 is 0 Å². The van der Waals surface area contributed by atoms with Crippen LogP contribution < -0.4 is 16.4 Å². The fourth-order valence-electron chi connectivity index (χ4n) is 1.06. The molecule has 5 heteroatoms. The standard InChI is InChI=1S/C11H17N3O2/c1-8(16-2)7-13-11(15)14-10-5-3-9(12)4-6-10/h3-6,8H,7,12H2,1-2H3,(H2,13,14,15). The van der Waals surface area contributed by atoms with Crippen molar-refractivity contribution in [1.82, 2.24) is 5.32 Å².